The fourth-order valence-corrected chi connectivity index (χ4v) is 5.03. The van der Waals surface area contributed by atoms with Crippen LogP contribution < -0.4 is 5.56 Å². The molecule has 0 aliphatic heterocycles. The highest BCUT2D eigenvalue weighted by atomic mass is 32.2. The van der Waals surface area contributed by atoms with Gasteiger partial charge in [-0.05, 0) is 43.7 Å². The molecule has 1 N–H and O–H groups in total. The largest absolute Gasteiger partial charge is 0.358 e. The molecule has 164 valence electrons. The SMILES string of the molecule is Cc1[nH]c2ccccc2c1C(=O)[C@@H](C)Sc1nc2ccccc2c(=O)n1Cc1cccnc1. The van der Waals surface area contributed by atoms with Crippen molar-refractivity contribution in [3.63, 3.8) is 0 Å². The maximum atomic E-state index is 13.5. The second kappa shape index (κ2) is 8.67. The van der Waals surface area contributed by atoms with Gasteiger partial charge in [0.05, 0.1) is 22.7 Å². The van der Waals surface area contributed by atoms with Gasteiger partial charge in [0.2, 0.25) is 0 Å². The van der Waals surface area contributed by atoms with E-state index in [1.54, 1.807) is 23.0 Å². The summed E-state index contributed by atoms with van der Waals surface area (Å²) in [5.74, 6) is 0.00489. The van der Waals surface area contributed by atoms with Gasteiger partial charge in [-0.2, -0.15) is 0 Å². The first-order valence-electron chi connectivity index (χ1n) is 10.7. The molecule has 3 heterocycles. The zero-order valence-corrected chi connectivity index (χ0v) is 19.1. The number of rotatable bonds is 6. The van der Waals surface area contributed by atoms with E-state index >= 15 is 0 Å². The quantitative estimate of drug-likeness (QED) is 0.222. The Morgan fingerprint density at radius 2 is 1.82 bits per heavy atom. The zero-order chi connectivity index (χ0) is 22.9. The number of nitrogens with one attached hydrogen (secondary N) is 1. The number of hydrogen-bond donors (Lipinski definition) is 1. The summed E-state index contributed by atoms with van der Waals surface area (Å²) >= 11 is 1.31. The van der Waals surface area contributed by atoms with Crippen molar-refractivity contribution in [3.05, 3.63) is 100 Å². The number of aryl methyl sites for hydroxylation is 1. The van der Waals surface area contributed by atoms with Crippen molar-refractivity contribution in [2.75, 3.05) is 0 Å². The van der Waals surface area contributed by atoms with E-state index in [4.69, 9.17) is 4.98 Å². The normalized spacial score (nSPS) is 12.3. The van der Waals surface area contributed by atoms with Crippen LogP contribution in [0.3, 0.4) is 0 Å². The maximum Gasteiger partial charge on any atom is 0.262 e. The maximum absolute atomic E-state index is 13.5. The fraction of sp³-hybridized carbons (Fsp3) is 0.154. The number of H-pyrrole nitrogens is 1. The summed E-state index contributed by atoms with van der Waals surface area (Å²) in [5.41, 5.74) is 3.85. The summed E-state index contributed by atoms with van der Waals surface area (Å²) in [7, 11) is 0. The van der Waals surface area contributed by atoms with Crippen molar-refractivity contribution in [2.45, 2.75) is 30.8 Å². The summed E-state index contributed by atoms with van der Waals surface area (Å²) in [6.07, 6.45) is 3.44. The standard InChI is InChI=1S/C26H22N4O2S/c1-16-23(19-9-3-5-11-21(19)28-16)24(31)17(2)33-26-29-22-12-6-4-10-20(22)25(32)30(26)15-18-8-7-13-27-14-18/h3-14,17,28H,15H2,1-2H3/t17-/m1/s1. The molecule has 5 aromatic rings. The van der Waals surface area contributed by atoms with Crippen LogP contribution in [0.2, 0.25) is 0 Å². The Bertz CT molecular complexity index is 1540. The molecule has 0 spiro atoms. The first-order valence-corrected chi connectivity index (χ1v) is 11.6. The second-order valence-corrected chi connectivity index (χ2v) is 9.27. The Hall–Kier alpha value is -3.71. The van der Waals surface area contributed by atoms with Crippen LogP contribution in [0.4, 0.5) is 0 Å². The van der Waals surface area contributed by atoms with E-state index in [-0.39, 0.29) is 11.3 Å². The minimum Gasteiger partial charge on any atom is -0.358 e. The molecule has 0 bridgehead atoms. The number of benzene rings is 2. The number of para-hydroxylation sites is 2. The summed E-state index contributed by atoms with van der Waals surface area (Å²) in [6.45, 7) is 4.11. The van der Waals surface area contributed by atoms with Gasteiger partial charge in [0.1, 0.15) is 0 Å². The lowest BCUT2D eigenvalue weighted by Crippen LogP contribution is -2.25. The van der Waals surface area contributed by atoms with Crippen LogP contribution in [0.5, 0.6) is 0 Å². The Kier molecular flexibility index (Phi) is 5.56. The van der Waals surface area contributed by atoms with E-state index < -0.39 is 5.25 Å². The van der Waals surface area contributed by atoms with E-state index in [2.05, 4.69) is 9.97 Å². The molecule has 5 rings (SSSR count). The number of thioether (sulfide) groups is 1. The second-order valence-electron chi connectivity index (χ2n) is 7.96. The van der Waals surface area contributed by atoms with Crippen LogP contribution in [0.15, 0.2) is 83.0 Å². The van der Waals surface area contributed by atoms with E-state index in [1.165, 1.54) is 11.8 Å². The van der Waals surface area contributed by atoms with Crippen molar-refractivity contribution < 1.29 is 4.79 Å². The molecule has 1 atom stereocenters. The number of fused-ring (bicyclic) bond motifs is 2. The van der Waals surface area contributed by atoms with E-state index in [0.29, 0.717) is 28.2 Å². The van der Waals surface area contributed by atoms with Gasteiger partial charge in [0.25, 0.3) is 5.56 Å². The molecule has 2 aromatic carbocycles. The molecule has 0 aliphatic carbocycles. The van der Waals surface area contributed by atoms with Crippen molar-refractivity contribution in [3.8, 4) is 0 Å². The van der Waals surface area contributed by atoms with Crippen LogP contribution in [-0.2, 0) is 6.54 Å². The van der Waals surface area contributed by atoms with Gasteiger partial charge >= 0.3 is 0 Å². The zero-order valence-electron chi connectivity index (χ0n) is 18.3. The third kappa shape index (κ3) is 3.96. The number of carbonyl (C=O) groups is 1. The molecular weight excluding hydrogens is 432 g/mol. The number of ketones is 1. The van der Waals surface area contributed by atoms with E-state index in [1.807, 2.05) is 68.4 Å². The molecule has 6 nitrogen and oxygen atoms in total. The number of aromatic amines is 1. The van der Waals surface area contributed by atoms with Crippen molar-refractivity contribution in [2.24, 2.45) is 0 Å². The summed E-state index contributed by atoms with van der Waals surface area (Å²) in [5, 5.41) is 1.54. The number of Topliss-reactive ketones (excluding diaryl/α,β-unsaturated/α-hetero) is 1. The van der Waals surface area contributed by atoms with Gasteiger partial charge in [-0.3, -0.25) is 19.1 Å². The highest BCUT2D eigenvalue weighted by molar-refractivity contribution is 8.00. The van der Waals surface area contributed by atoms with Gasteiger partial charge in [0, 0.05) is 34.6 Å². The summed E-state index contributed by atoms with van der Waals surface area (Å²) < 4.78 is 1.63. The smallest absolute Gasteiger partial charge is 0.262 e. The lowest BCUT2D eigenvalue weighted by Gasteiger charge is -2.16. The van der Waals surface area contributed by atoms with Crippen LogP contribution in [-0.4, -0.2) is 30.6 Å². The Morgan fingerprint density at radius 1 is 1.06 bits per heavy atom. The lowest BCUT2D eigenvalue weighted by atomic mass is 10.1. The van der Waals surface area contributed by atoms with Crippen molar-refractivity contribution >= 4 is 39.4 Å². The van der Waals surface area contributed by atoms with Crippen LogP contribution in [0.1, 0.15) is 28.5 Å². The van der Waals surface area contributed by atoms with E-state index in [0.717, 1.165) is 22.2 Å². The number of hydrogen-bond acceptors (Lipinski definition) is 5. The predicted molar refractivity (Wildman–Crippen MR) is 132 cm³/mol. The minimum absolute atomic E-state index is 0.00489. The highest BCUT2D eigenvalue weighted by Crippen LogP contribution is 2.30. The Morgan fingerprint density at radius 3 is 2.61 bits per heavy atom. The molecule has 0 fully saturated rings. The third-order valence-electron chi connectivity index (χ3n) is 5.68. The first kappa shape index (κ1) is 21.2. The molecular formula is C26H22N4O2S. The molecule has 0 aliphatic rings. The molecule has 0 saturated heterocycles. The van der Waals surface area contributed by atoms with Gasteiger partial charge in [-0.15, -0.1) is 0 Å². The van der Waals surface area contributed by atoms with Crippen molar-refractivity contribution in [1.82, 2.24) is 19.5 Å². The Balaban J connectivity index is 1.56. The average molecular weight is 455 g/mol. The fourth-order valence-electron chi connectivity index (χ4n) is 4.06. The van der Waals surface area contributed by atoms with Crippen LogP contribution in [0.25, 0.3) is 21.8 Å². The topological polar surface area (TPSA) is 80.6 Å². The summed E-state index contributed by atoms with van der Waals surface area (Å²) in [6, 6.07) is 18.9. The molecule has 33 heavy (non-hydrogen) atoms. The molecule has 0 radical (unpaired) electrons. The van der Waals surface area contributed by atoms with Gasteiger partial charge in [-0.1, -0.05) is 48.2 Å². The van der Waals surface area contributed by atoms with Crippen LogP contribution >= 0.6 is 11.8 Å². The van der Waals surface area contributed by atoms with Crippen LogP contribution in [0, 0.1) is 6.92 Å². The average Bonchev–Trinajstić information content (AvgIpc) is 3.17. The molecule has 0 amide bonds. The van der Waals surface area contributed by atoms with Crippen molar-refractivity contribution in [1.29, 1.82) is 0 Å². The molecule has 7 heteroatoms. The first-order chi connectivity index (χ1) is 16.0. The monoisotopic (exact) mass is 454 g/mol. The van der Waals surface area contributed by atoms with Gasteiger partial charge in [-0.25, -0.2) is 4.98 Å². The molecule has 0 unspecified atom stereocenters. The van der Waals surface area contributed by atoms with Gasteiger partial charge < -0.3 is 4.98 Å². The lowest BCUT2D eigenvalue weighted by molar-refractivity contribution is 0.0995. The number of pyridine rings is 1. The molecule has 3 aromatic heterocycles. The minimum atomic E-state index is -0.434. The van der Waals surface area contributed by atoms with Gasteiger partial charge in [0.15, 0.2) is 10.9 Å². The third-order valence-corrected chi connectivity index (χ3v) is 6.77. The number of carbonyl (C=O) groups excluding carboxylic acids is 1. The summed E-state index contributed by atoms with van der Waals surface area (Å²) in [4.78, 5) is 39.1. The number of nitrogens with zero attached hydrogens (tertiary/aromatic N) is 3. The highest BCUT2D eigenvalue weighted by Gasteiger charge is 2.24. The Labute approximate surface area is 194 Å². The van der Waals surface area contributed by atoms with E-state index in [9.17, 15) is 9.59 Å². The molecule has 0 saturated carbocycles. The number of aromatic nitrogens is 4. The predicted octanol–water partition coefficient (Wildman–Crippen LogP) is 4.99.